The van der Waals surface area contributed by atoms with Crippen molar-refractivity contribution in [2.75, 3.05) is 13.1 Å². The number of nitrogens with zero attached hydrogens (tertiary/aromatic N) is 4. The second-order valence-corrected chi connectivity index (χ2v) is 6.30. The fourth-order valence-electron chi connectivity index (χ4n) is 3.45. The lowest BCUT2D eigenvalue weighted by atomic mass is 9.89. The van der Waals surface area contributed by atoms with Crippen molar-refractivity contribution in [3.63, 3.8) is 0 Å². The lowest BCUT2D eigenvalue weighted by Crippen LogP contribution is -2.39. The molecule has 1 aliphatic heterocycles. The van der Waals surface area contributed by atoms with Crippen LogP contribution in [0.2, 0.25) is 0 Å². The Labute approximate surface area is 140 Å². The molecule has 1 aliphatic rings. The number of carbonyl (C=O) groups excluding carboxylic acids is 1. The van der Waals surface area contributed by atoms with Crippen molar-refractivity contribution in [2.45, 2.75) is 25.3 Å². The molecule has 5 heteroatoms. The Balaban J connectivity index is 1.40. The van der Waals surface area contributed by atoms with Gasteiger partial charge in [0.25, 0.3) is 0 Å². The first-order chi connectivity index (χ1) is 11.8. The summed E-state index contributed by atoms with van der Waals surface area (Å²) in [5, 5.41) is 8.22. The topological polar surface area (TPSA) is 51.0 Å². The van der Waals surface area contributed by atoms with Crippen LogP contribution in [-0.4, -0.2) is 38.9 Å². The molecule has 1 saturated heterocycles. The summed E-state index contributed by atoms with van der Waals surface area (Å²) in [5.74, 6) is 0.680. The van der Waals surface area contributed by atoms with E-state index in [-0.39, 0.29) is 12.5 Å². The van der Waals surface area contributed by atoms with Gasteiger partial charge in [0.1, 0.15) is 12.1 Å². The number of para-hydroxylation sites is 1. The summed E-state index contributed by atoms with van der Waals surface area (Å²) in [7, 11) is 0. The molecule has 0 N–H and O–H groups in total. The van der Waals surface area contributed by atoms with E-state index in [0.29, 0.717) is 5.92 Å². The quantitative estimate of drug-likeness (QED) is 0.745. The largest absolute Gasteiger partial charge is 0.341 e. The molecule has 0 unspecified atom stereocenters. The van der Waals surface area contributed by atoms with E-state index in [0.717, 1.165) is 37.0 Å². The number of rotatable bonds is 3. The van der Waals surface area contributed by atoms with Crippen molar-refractivity contribution in [1.82, 2.24) is 19.9 Å². The van der Waals surface area contributed by atoms with Gasteiger partial charge in [0.2, 0.25) is 5.91 Å². The molecule has 1 fully saturated rings. The number of hydrogen-bond donors (Lipinski definition) is 0. The first-order valence-corrected chi connectivity index (χ1v) is 8.42. The van der Waals surface area contributed by atoms with Gasteiger partial charge >= 0.3 is 0 Å². The third-order valence-electron chi connectivity index (χ3n) is 4.82. The van der Waals surface area contributed by atoms with Gasteiger partial charge in [-0.3, -0.25) is 4.79 Å². The predicted octanol–water partition coefficient (Wildman–Crippen LogP) is 2.84. The Hall–Kier alpha value is -2.69. The number of hydrogen-bond acceptors (Lipinski definition) is 3. The minimum Gasteiger partial charge on any atom is -0.341 e. The fraction of sp³-hybridized carbons (Fsp3) is 0.316. The van der Waals surface area contributed by atoms with Gasteiger partial charge < -0.3 is 4.90 Å². The maximum atomic E-state index is 12.6. The molecule has 0 spiro atoms. The molecule has 24 heavy (non-hydrogen) atoms. The van der Waals surface area contributed by atoms with Crippen molar-refractivity contribution in [2.24, 2.45) is 0 Å². The summed E-state index contributed by atoms with van der Waals surface area (Å²) >= 11 is 0. The van der Waals surface area contributed by atoms with E-state index in [2.05, 4.69) is 34.6 Å². The van der Waals surface area contributed by atoms with Gasteiger partial charge in [0.05, 0.1) is 5.52 Å². The van der Waals surface area contributed by atoms with Gasteiger partial charge in [-0.05, 0) is 36.5 Å². The lowest BCUT2D eigenvalue weighted by molar-refractivity contribution is -0.133. The highest BCUT2D eigenvalue weighted by molar-refractivity contribution is 5.79. The Bertz CT molecular complexity index is 835. The third-order valence-corrected chi connectivity index (χ3v) is 4.82. The lowest BCUT2D eigenvalue weighted by Gasteiger charge is -2.32. The van der Waals surface area contributed by atoms with Gasteiger partial charge in [-0.2, -0.15) is 0 Å². The summed E-state index contributed by atoms with van der Waals surface area (Å²) in [4.78, 5) is 14.5. The number of benzene rings is 2. The molecule has 0 saturated carbocycles. The van der Waals surface area contributed by atoms with Gasteiger partial charge in [-0.1, -0.05) is 47.7 Å². The monoisotopic (exact) mass is 320 g/mol. The summed E-state index contributed by atoms with van der Waals surface area (Å²) in [6.45, 7) is 1.88. The Morgan fingerprint density at radius 3 is 2.50 bits per heavy atom. The van der Waals surface area contributed by atoms with E-state index in [9.17, 15) is 4.79 Å². The van der Waals surface area contributed by atoms with Crippen LogP contribution in [0.4, 0.5) is 0 Å². The van der Waals surface area contributed by atoms with Gasteiger partial charge in [0, 0.05) is 13.1 Å². The molecule has 3 aromatic rings. The Morgan fingerprint density at radius 1 is 1.00 bits per heavy atom. The highest BCUT2D eigenvalue weighted by atomic mass is 16.2. The average Bonchev–Trinajstić information content (AvgIpc) is 3.06. The van der Waals surface area contributed by atoms with Crippen LogP contribution in [0.15, 0.2) is 54.6 Å². The fourth-order valence-corrected chi connectivity index (χ4v) is 3.45. The summed E-state index contributed by atoms with van der Waals surface area (Å²) in [6, 6.07) is 18.3. The van der Waals surface area contributed by atoms with Crippen molar-refractivity contribution in [1.29, 1.82) is 0 Å². The highest BCUT2D eigenvalue weighted by Gasteiger charge is 2.24. The first-order valence-electron chi connectivity index (χ1n) is 8.42. The minimum absolute atomic E-state index is 0.122. The van der Waals surface area contributed by atoms with Gasteiger partial charge in [-0.25, -0.2) is 4.68 Å². The van der Waals surface area contributed by atoms with Gasteiger partial charge in [-0.15, -0.1) is 5.10 Å². The number of carbonyl (C=O) groups is 1. The van der Waals surface area contributed by atoms with E-state index in [1.54, 1.807) is 4.68 Å². The second-order valence-electron chi connectivity index (χ2n) is 6.30. The summed E-state index contributed by atoms with van der Waals surface area (Å²) < 4.78 is 1.70. The third kappa shape index (κ3) is 2.89. The molecule has 0 aliphatic carbocycles. The maximum Gasteiger partial charge on any atom is 0.244 e. The molecule has 0 bridgehead atoms. The van der Waals surface area contributed by atoms with Crippen molar-refractivity contribution < 1.29 is 4.79 Å². The van der Waals surface area contributed by atoms with Crippen molar-refractivity contribution >= 4 is 16.9 Å². The molecule has 2 heterocycles. The number of amides is 1. The van der Waals surface area contributed by atoms with Crippen molar-refractivity contribution in [3.05, 3.63) is 60.2 Å². The second kappa shape index (κ2) is 6.43. The molecular weight excluding hydrogens is 300 g/mol. The summed E-state index contributed by atoms with van der Waals surface area (Å²) in [5.41, 5.74) is 3.12. The molecule has 1 amide bonds. The highest BCUT2D eigenvalue weighted by Crippen LogP contribution is 2.27. The van der Waals surface area contributed by atoms with Gasteiger partial charge in [0.15, 0.2) is 0 Å². The van der Waals surface area contributed by atoms with E-state index >= 15 is 0 Å². The molecular formula is C19H20N4O. The van der Waals surface area contributed by atoms with Crippen LogP contribution in [0.25, 0.3) is 11.0 Å². The van der Waals surface area contributed by atoms with Crippen LogP contribution in [-0.2, 0) is 11.3 Å². The zero-order valence-electron chi connectivity index (χ0n) is 13.5. The van der Waals surface area contributed by atoms with E-state index < -0.39 is 0 Å². The molecule has 0 atom stereocenters. The number of fused-ring (bicyclic) bond motifs is 1. The van der Waals surface area contributed by atoms with Crippen LogP contribution >= 0.6 is 0 Å². The summed E-state index contributed by atoms with van der Waals surface area (Å²) in [6.07, 6.45) is 2.04. The average molecular weight is 320 g/mol. The maximum absolute atomic E-state index is 12.6. The smallest absolute Gasteiger partial charge is 0.244 e. The SMILES string of the molecule is O=C(Cn1nnc2ccccc21)N1CCC(c2ccccc2)CC1. The molecule has 122 valence electrons. The zero-order chi connectivity index (χ0) is 16.4. The number of aromatic nitrogens is 3. The van der Waals surface area contributed by atoms with Crippen LogP contribution in [0.3, 0.4) is 0 Å². The van der Waals surface area contributed by atoms with E-state index in [1.165, 1.54) is 5.56 Å². The van der Waals surface area contributed by atoms with E-state index in [1.807, 2.05) is 35.2 Å². The first kappa shape index (κ1) is 14.9. The van der Waals surface area contributed by atoms with Crippen LogP contribution in [0.1, 0.15) is 24.3 Å². The zero-order valence-corrected chi connectivity index (χ0v) is 13.5. The predicted molar refractivity (Wildman–Crippen MR) is 92.5 cm³/mol. The Morgan fingerprint density at radius 2 is 1.71 bits per heavy atom. The van der Waals surface area contributed by atoms with Crippen molar-refractivity contribution in [3.8, 4) is 0 Å². The molecule has 5 nitrogen and oxygen atoms in total. The standard InChI is InChI=1S/C19H20N4O/c24-19(14-23-18-9-5-4-8-17(18)20-21-23)22-12-10-16(11-13-22)15-6-2-1-3-7-15/h1-9,16H,10-14H2. The molecule has 2 aromatic carbocycles. The number of likely N-dealkylation sites (tertiary alicyclic amines) is 1. The molecule has 4 rings (SSSR count). The normalized spacial score (nSPS) is 15.8. The molecule has 1 aromatic heterocycles. The Kier molecular flexibility index (Phi) is 3.99. The minimum atomic E-state index is 0.122. The molecule has 0 radical (unpaired) electrons. The van der Waals surface area contributed by atoms with E-state index in [4.69, 9.17) is 0 Å². The number of piperidine rings is 1. The van der Waals surface area contributed by atoms with Crippen LogP contribution < -0.4 is 0 Å². The van der Waals surface area contributed by atoms with Crippen LogP contribution in [0, 0.1) is 0 Å². The van der Waals surface area contributed by atoms with Crippen LogP contribution in [0.5, 0.6) is 0 Å².